The number of rotatable bonds is 2. The highest BCUT2D eigenvalue weighted by Gasteiger charge is 2.36. The number of fused-ring (bicyclic) bond motifs is 1. The number of hydrogen-bond acceptors (Lipinski definition) is 5. The van der Waals surface area contributed by atoms with E-state index in [9.17, 15) is 9.59 Å². The summed E-state index contributed by atoms with van der Waals surface area (Å²) in [6.07, 6.45) is 1.98. The summed E-state index contributed by atoms with van der Waals surface area (Å²) in [6.45, 7) is 4.03. The van der Waals surface area contributed by atoms with Gasteiger partial charge in [-0.1, -0.05) is 0 Å². The summed E-state index contributed by atoms with van der Waals surface area (Å²) in [5, 5.41) is 3.50. The number of imide groups is 1. The third kappa shape index (κ3) is 2.22. The summed E-state index contributed by atoms with van der Waals surface area (Å²) in [5.74, 6) is 0.535. The van der Waals surface area contributed by atoms with Gasteiger partial charge in [-0.2, -0.15) is 0 Å². The van der Waals surface area contributed by atoms with E-state index >= 15 is 0 Å². The Labute approximate surface area is 106 Å². The fraction of sp³-hybridized carbons (Fsp3) is 0.833. The van der Waals surface area contributed by atoms with Crippen LogP contribution < -0.4 is 5.32 Å². The van der Waals surface area contributed by atoms with Crippen LogP contribution in [-0.2, 0) is 9.53 Å². The first kappa shape index (κ1) is 11.9. The van der Waals surface area contributed by atoms with Crippen LogP contribution in [0.5, 0.6) is 0 Å². The largest absolute Gasteiger partial charge is 0.447 e. The van der Waals surface area contributed by atoms with E-state index < -0.39 is 6.09 Å². The van der Waals surface area contributed by atoms with E-state index in [1.807, 2.05) is 0 Å². The number of likely N-dealkylation sites (tertiary alicyclic amines) is 1. The van der Waals surface area contributed by atoms with E-state index in [1.54, 1.807) is 0 Å². The molecule has 0 unspecified atom stereocenters. The minimum Gasteiger partial charge on any atom is -0.447 e. The lowest BCUT2D eigenvalue weighted by Crippen LogP contribution is -2.42. The average molecular weight is 253 g/mol. The molecule has 100 valence electrons. The zero-order valence-electron chi connectivity index (χ0n) is 10.4. The zero-order valence-corrected chi connectivity index (χ0v) is 10.4. The number of piperidine rings is 1. The van der Waals surface area contributed by atoms with Crippen molar-refractivity contribution in [2.24, 2.45) is 5.92 Å². The highest BCUT2D eigenvalue weighted by Crippen LogP contribution is 2.24. The molecule has 0 aromatic heterocycles. The van der Waals surface area contributed by atoms with Crippen LogP contribution in [-0.4, -0.2) is 67.2 Å². The molecule has 0 radical (unpaired) electrons. The molecular weight excluding hydrogens is 234 g/mol. The van der Waals surface area contributed by atoms with Crippen molar-refractivity contribution in [3.05, 3.63) is 0 Å². The standard InChI is InChI=1S/C12H19N3O3/c16-11(15-4-5-18-12(15)17)8-14-6-9-2-1-3-13-10(9)7-14/h9-10,13H,1-8H2/t9-,10+/m0/s1. The fourth-order valence-corrected chi connectivity index (χ4v) is 3.16. The van der Waals surface area contributed by atoms with E-state index in [-0.39, 0.29) is 5.91 Å². The predicted molar refractivity (Wildman–Crippen MR) is 64.0 cm³/mol. The van der Waals surface area contributed by atoms with E-state index in [0.717, 1.165) is 19.6 Å². The Morgan fingerprint density at radius 1 is 1.44 bits per heavy atom. The first-order chi connectivity index (χ1) is 8.74. The third-order valence-corrected chi connectivity index (χ3v) is 4.10. The van der Waals surface area contributed by atoms with Gasteiger partial charge in [0.1, 0.15) is 6.61 Å². The number of amides is 2. The van der Waals surface area contributed by atoms with Crippen LogP contribution in [0.25, 0.3) is 0 Å². The Kier molecular flexibility index (Phi) is 3.22. The number of hydrogen-bond donors (Lipinski definition) is 1. The van der Waals surface area contributed by atoms with Gasteiger partial charge in [0.15, 0.2) is 0 Å². The number of ether oxygens (including phenoxy) is 1. The molecule has 0 spiro atoms. The molecule has 2 atom stereocenters. The Balaban J connectivity index is 1.54. The summed E-state index contributed by atoms with van der Waals surface area (Å²) < 4.78 is 4.78. The van der Waals surface area contributed by atoms with Crippen molar-refractivity contribution < 1.29 is 14.3 Å². The van der Waals surface area contributed by atoms with Crippen molar-refractivity contribution in [2.45, 2.75) is 18.9 Å². The smallest absolute Gasteiger partial charge is 0.416 e. The molecule has 3 rings (SSSR count). The van der Waals surface area contributed by atoms with Gasteiger partial charge in [0.05, 0.1) is 13.1 Å². The lowest BCUT2D eigenvalue weighted by molar-refractivity contribution is -0.128. The van der Waals surface area contributed by atoms with Crippen LogP contribution in [0.3, 0.4) is 0 Å². The fourth-order valence-electron chi connectivity index (χ4n) is 3.16. The second kappa shape index (κ2) is 4.85. The minimum atomic E-state index is -0.491. The average Bonchev–Trinajstić information content (AvgIpc) is 2.94. The third-order valence-electron chi connectivity index (χ3n) is 4.10. The second-order valence-corrected chi connectivity index (χ2v) is 5.32. The summed E-state index contributed by atoms with van der Waals surface area (Å²) in [5.41, 5.74) is 0. The SMILES string of the molecule is O=C(CN1C[C@@H]2CCCN[C@@H]2C1)N1CCOC1=O. The van der Waals surface area contributed by atoms with Gasteiger partial charge in [0, 0.05) is 19.1 Å². The Morgan fingerprint density at radius 3 is 3.06 bits per heavy atom. The number of carbonyl (C=O) groups is 2. The van der Waals surface area contributed by atoms with Gasteiger partial charge in [-0.3, -0.25) is 9.69 Å². The number of nitrogens with one attached hydrogen (secondary N) is 1. The lowest BCUT2D eigenvalue weighted by Gasteiger charge is -2.24. The topological polar surface area (TPSA) is 61.9 Å². The maximum Gasteiger partial charge on any atom is 0.416 e. The van der Waals surface area contributed by atoms with Crippen molar-refractivity contribution in [1.82, 2.24) is 15.1 Å². The molecule has 3 aliphatic rings. The van der Waals surface area contributed by atoms with Crippen molar-refractivity contribution in [3.63, 3.8) is 0 Å². The quantitative estimate of drug-likeness (QED) is 0.729. The van der Waals surface area contributed by atoms with Crippen molar-refractivity contribution in [2.75, 3.05) is 39.3 Å². The van der Waals surface area contributed by atoms with Crippen LogP contribution in [0.15, 0.2) is 0 Å². The van der Waals surface area contributed by atoms with Gasteiger partial charge in [0.25, 0.3) is 0 Å². The number of cyclic esters (lactones) is 1. The monoisotopic (exact) mass is 253 g/mol. The first-order valence-electron chi connectivity index (χ1n) is 6.67. The molecule has 3 heterocycles. The molecule has 3 aliphatic heterocycles. The Hall–Kier alpha value is -1.14. The molecule has 18 heavy (non-hydrogen) atoms. The van der Waals surface area contributed by atoms with Gasteiger partial charge >= 0.3 is 6.09 Å². The Morgan fingerprint density at radius 2 is 2.33 bits per heavy atom. The van der Waals surface area contributed by atoms with Gasteiger partial charge in [-0.05, 0) is 25.3 Å². The zero-order chi connectivity index (χ0) is 12.5. The van der Waals surface area contributed by atoms with Crippen LogP contribution in [0, 0.1) is 5.92 Å². The van der Waals surface area contributed by atoms with Crippen LogP contribution >= 0.6 is 0 Å². The summed E-state index contributed by atoms with van der Waals surface area (Å²) in [6, 6.07) is 0.525. The molecule has 0 bridgehead atoms. The molecule has 0 saturated carbocycles. The molecular formula is C12H19N3O3. The van der Waals surface area contributed by atoms with Crippen molar-refractivity contribution in [3.8, 4) is 0 Å². The molecule has 0 aliphatic carbocycles. The highest BCUT2D eigenvalue weighted by molar-refractivity contribution is 5.94. The van der Waals surface area contributed by atoms with E-state index in [1.165, 1.54) is 17.7 Å². The molecule has 0 aromatic rings. The van der Waals surface area contributed by atoms with E-state index in [0.29, 0.717) is 31.7 Å². The molecule has 2 amide bonds. The van der Waals surface area contributed by atoms with Crippen LogP contribution in [0.1, 0.15) is 12.8 Å². The molecule has 3 fully saturated rings. The van der Waals surface area contributed by atoms with Crippen LogP contribution in [0.2, 0.25) is 0 Å². The molecule has 0 aromatic carbocycles. The molecule has 1 N–H and O–H groups in total. The molecule has 3 saturated heterocycles. The second-order valence-electron chi connectivity index (χ2n) is 5.32. The first-order valence-corrected chi connectivity index (χ1v) is 6.67. The van der Waals surface area contributed by atoms with Gasteiger partial charge in [0.2, 0.25) is 5.91 Å². The number of carbonyl (C=O) groups excluding carboxylic acids is 2. The summed E-state index contributed by atoms with van der Waals surface area (Å²) >= 11 is 0. The molecule has 6 nitrogen and oxygen atoms in total. The minimum absolute atomic E-state index is 0.129. The van der Waals surface area contributed by atoms with Crippen molar-refractivity contribution >= 4 is 12.0 Å². The molecule has 6 heteroatoms. The van der Waals surface area contributed by atoms with E-state index in [4.69, 9.17) is 4.74 Å². The van der Waals surface area contributed by atoms with Crippen molar-refractivity contribution in [1.29, 1.82) is 0 Å². The predicted octanol–water partition coefficient (Wildman–Crippen LogP) is -0.351. The normalized spacial score (nSPS) is 32.4. The summed E-state index contributed by atoms with van der Waals surface area (Å²) in [4.78, 5) is 26.6. The maximum absolute atomic E-state index is 12.0. The Bertz CT molecular complexity index is 346. The van der Waals surface area contributed by atoms with Crippen LogP contribution in [0.4, 0.5) is 4.79 Å². The van der Waals surface area contributed by atoms with Gasteiger partial charge in [-0.15, -0.1) is 0 Å². The summed E-state index contributed by atoms with van der Waals surface area (Å²) in [7, 11) is 0. The lowest BCUT2D eigenvalue weighted by atomic mass is 9.94. The van der Waals surface area contributed by atoms with Gasteiger partial charge < -0.3 is 10.1 Å². The maximum atomic E-state index is 12.0. The van der Waals surface area contributed by atoms with Gasteiger partial charge in [-0.25, -0.2) is 9.69 Å². The highest BCUT2D eigenvalue weighted by atomic mass is 16.6. The van der Waals surface area contributed by atoms with E-state index in [2.05, 4.69) is 10.2 Å². The number of nitrogens with zero attached hydrogens (tertiary/aromatic N) is 2.